The molecule has 1 aliphatic heterocycles. The van der Waals surface area contributed by atoms with Crippen molar-refractivity contribution in [3.8, 4) is 0 Å². The molecular weight excluding hydrogens is 214 g/mol. The van der Waals surface area contributed by atoms with E-state index < -0.39 is 0 Å². The lowest BCUT2D eigenvalue weighted by atomic mass is 9.95. The van der Waals surface area contributed by atoms with Crippen LogP contribution in [0.15, 0.2) is 0 Å². The maximum atomic E-state index is 12.0. The second-order valence-corrected chi connectivity index (χ2v) is 5.55. The van der Waals surface area contributed by atoms with E-state index >= 15 is 0 Å². The standard InChI is InChI=1S/C13H27N3O/c1-5-10(3)15-13(17)11(4)16-7-9(2)6-12(14)8-16/h9-12H,5-8,14H2,1-4H3,(H,15,17). The molecule has 1 fully saturated rings. The molecule has 4 heteroatoms. The molecule has 1 amide bonds. The Morgan fingerprint density at radius 2 is 2.12 bits per heavy atom. The third-order valence-electron chi connectivity index (χ3n) is 3.65. The first-order valence-corrected chi connectivity index (χ1v) is 6.74. The first kappa shape index (κ1) is 14.5. The number of likely N-dealkylation sites (tertiary alicyclic amines) is 1. The van der Waals surface area contributed by atoms with E-state index in [1.807, 2.05) is 13.8 Å². The van der Waals surface area contributed by atoms with Crippen LogP contribution in [0, 0.1) is 5.92 Å². The zero-order valence-electron chi connectivity index (χ0n) is 11.6. The Hall–Kier alpha value is -0.610. The van der Waals surface area contributed by atoms with Crippen molar-refractivity contribution in [1.29, 1.82) is 0 Å². The van der Waals surface area contributed by atoms with Crippen LogP contribution < -0.4 is 11.1 Å². The van der Waals surface area contributed by atoms with Gasteiger partial charge >= 0.3 is 0 Å². The van der Waals surface area contributed by atoms with Crippen LogP contribution in [-0.2, 0) is 4.79 Å². The molecule has 100 valence electrons. The lowest BCUT2D eigenvalue weighted by Crippen LogP contribution is -2.55. The fourth-order valence-corrected chi connectivity index (χ4v) is 2.39. The van der Waals surface area contributed by atoms with Gasteiger partial charge in [-0.3, -0.25) is 9.69 Å². The summed E-state index contributed by atoms with van der Waals surface area (Å²) in [6.07, 6.45) is 2.03. The predicted molar refractivity (Wildman–Crippen MR) is 70.7 cm³/mol. The smallest absolute Gasteiger partial charge is 0.237 e. The van der Waals surface area contributed by atoms with Crippen molar-refractivity contribution in [2.75, 3.05) is 13.1 Å². The number of carbonyl (C=O) groups is 1. The Labute approximate surface area is 105 Å². The van der Waals surface area contributed by atoms with Crippen LogP contribution in [0.5, 0.6) is 0 Å². The summed E-state index contributed by atoms with van der Waals surface area (Å²) in [6, 6.07) is 0.385. The van der Waals surface area contributed by atoms with Crippen LogP contribution in [0.4, 0.5) is 0 Å². The van der Waals surface area contributed by atoms with Gasteiger partial charge in [0.25, 0.3) is 0 Å². The molecule has 0 aromatic carbocycles. The minimum atomic E-state index is -0.0715. The summed E-state index contributed by atoms with van der Waals surface area (Å²) < 4.78 is 0. The summed E-state index contributed by atoms with van der Waals surface area (Å²) in [7, 11) is 0. The van der Waals surface area contributed by atoms with Gasteiger partial charge in [-0.1, -0.05) is 13.8 Å². The molecule has 0 aliphatic carbocycles. The summed E-state index contributed by atoms with van der Waals surface area (Å²) in [6.45, 7) is 10.1. The van der Waals surface area contributed by atoms with Gasteiger partial charge in [0.1, 0.15) is 0 Å². The summed E-state index contributed by atoms with van der Waals surface area (Å²) in [5.74, 6) is 0.707. The highest BCUT2D eigenvalue weighted by atomic mass is 16.2. The van der Waals surface area contributed by atoms with E-state index in [1.165, 1.54) is 0 Å². The van der Waals surface area contributed by atoms with Crippen molar-refractivity contribution in [2.24, 2.45) is 11.7 Å². The van der Waals surface area contributed by atoms with Gasteiger partial charge in [0.15, 0.2) is 0 Å². The maximum Gasteiger partial charge on any atom is 0.237 e. The molecule has 0 saturated carbocycles. The lowest BCUT2D eigenvalue weighted by Gasteiger charge is -2.38. The van der Waals surface area contributed by atoms with Crippen LogP contribution in [0.25, 0.3) is 0 Å². The molecule has 0 aromatic heterocycles. The second-order valence-electron chi connectivity index (χ2n) is 5.55. The van der Waals surface area contributed by atoms with E-state index in [0.717, 1.165) is 25.9 Å². The minimum Gasteiger partial charge on any atom is -0.352 e. The van der Waals surface area contributed by atoms with E-state index in [2.05, 4.69) is 24.1 Å². The Morgan fingerprint density at radius 1 is 1.47 bits per heavy atom. The number of nitrogens with zero attached hydrogens (tertiary/aromatic N) is 1. The summed E-state index contributed by atoms with van der Waals surface area (Å²) in [4.78, 5) is 14.2. The Morgan fingerprint density at radius 3 is 2.65 bits per heavy atom. The van der Waals surface area contributed by atoms with Crippen molar-refractivity contribution in [2.45, 2.75) is 58.7 Å². The fraction of sp³-hybridized carbons (Fsp3) is 0.923. The molecular formula is C13H27N3O. The van der Waals surface area contributed by atoms with Crippen LogP contribution in [0.3, 0.4) is 0 Å². The quantitative estimate of drug-likeness (QED) is 0.771. The molecule has 0 aromatic rings. The summed E-state index contributed by atoms with van der Waals surface area (Å²) in [5.41, 5.74) is 6.01. The van der Waals surface area contributed by atoms with Crippen LogP contribution in [0.2, 0.25) is 0 Å². The van der Waals surface area contributed by atoms with Gasteiger partial charge in [-0.2, -0.15) is 0 Å². The maximum absolute atomic E-state index is 12.0. The van der Waals surface area contributed by atoms with Crippen LogP contribution in [-0.4, -0.2) is 42.0 Å². The Bertz CT molecular complexity index is 247. The molecule has 4 unspecified atom stereocenters. The largest absolute Gasteiger partial charge is 0.352 e. The molecule has 3 N–H and O–H groups in total. The van der Waals surface area contributed by atoms with E-state index in [1.54, 1.807) is 0 Å². The zero-order chi connectivity index (χ0) is 13.0. The van der Waals surface area contributed by atoms with Crippen molar-refractivity contribution in [3.05, 3.63) is 0 Å². The van der Waals surface area contributed by atoms with Crippen LogP contribution >= 0.6 is 0 Å². The summed E-state index contributed by atoms with van der Waals surface area (Å²) in [5, 5.41) is 3.03. The summed E-state index contributed by atoms with van der Waals surface area (Å²) >= 11 is 0. The van der Waals surface area contributed by atoms with Crippen molar-refractivity contribution in [1.82, 2.24) is 10.2 Å². The minimum absolute atomic E-state index is 0.0715. The predicted octanol–water partition coefficient (Wildman–Crippen LogP) is 0.959. The molecule has 1 saturated heterocycles. The number of nitrogens with one attached hydrogen (secondary N) is 1. The van der Waals surface area contributed by atoms with E-state index in [4.69, 9.17) is 5.73 Å². The normalized spacial score (nSPS) is 29.7. The highest BCUT2D eigenvalue weighted by molar-refractivity contribution is 5.81. The molecule has 4 atom stereocenters. The number of amides is 1. The molecule has 4 nitrogen and oxygen atoms in total. The molecule has 0 spiro atoms. The van der Waals surface area contributed by atoms with Gasteiger partial charge in [0.2, 0.25) is 5.91 Å². The third kappa shape index (κ3) is 4.28. The monoisotopic (exact) mass is 241 g/mol. The van der Waals surface area contributed by atoms with Crippen LogP contribution in [0.1, 0.15) is 40.5 Å². The van der Waals surface area contributed by atoms with Crippen molar-refractivity contribution >= 4 is 5.91 Å². The number of hydrogen-bond donors (Lipinski definition) is 2. The molecule has 0 radical (unpaired) electrons. The Kier molecular flexibility index (Phi) is 5.40. The van der Waals surface area contributed by atoms with Gasteiger partial charge in [-0.05, 0) is 32.6 Å². The number of piperidine rings is 1. The topological polar surface area (TPSA) is 58.4 Å². The SMILES string of the molecule is CCC(C)NC(=O)C(C)N1CC(C)CC(N)C1. The average Bonchev–Trinajstić information content (AvgIpc) is 2.26. The fourth-order valence-electron chi connectivity index (χ4n) is 2.39. The average molecular weight is 241 g/mol. The van der Waals surface area contributed by atoms with Gasteiger partial charge < -0.3 is 11.1 Å². The molecule has 1 heterocycles. The van der Waals surface area contributed by atoms with E-state index in [9.17, 15) is 4.79 Å². The van der Waals surface area contributed by atoms with Gasteiger partial charge in [-0.15, -0.1) is 0 Å². The molecule has 17 heavy (non-hydrogen) atoms. The zero-order valence-corrected chi connectivity index (χ0v) is 11.6. The number of hydrogen-bond acceptors (Lipinski definition) is 3. The first-order chi connectivity index (χ1) is 7.93. The van der Waals surface area contributed by atoms with Gasteiger partial charge in [-0.25, -0.2) is 0 Å². The number of rotatable bonds is 4. The first-order valence-electron chi connectivity index (χ1n) is 6.74. The highest BCUT2D eigenvalue weighted by Gasteiger charge is 2.29. The number of carbonyl (C=O) groups excluding carboxylic acids is 1. The third-order valence-corrected chi connectivity index (χ3v) is 3.65. The van der Waals surface area contributed by atoms with Crippen molar-refractivity contribution in [3.63, 3.8) is 0 Å². The highest BCUT2D eigenvalue weighted by Crippen LogP contribution is 2.17. The van der Waals surface area contributed by atoms with E-state index in [0.29, 0.717) is 5.92 Å². The Balaban J connectivity index is 2.50. The lowest BCUT2D eigenvalue weighted by molar-refractivity contribution is -0.127. The van der Waals surface area contributed by atoms with Gasteiger partial charge in [0, 0.05) is 25.2 Å². The van der Waals surface area contributed by atoms with Gasteiger partial charge in [0.05, 0.1) is 6.04 Å². The molecule has 0 bridgehead atoms. The number of nitrogens with two attached hydrogens (primary N) is 1. The van der Waals surface area contributed by atoms with Crippen molar-refractivity contribution < 1.29 is 4.79 Å². The molecule has 1 rings (SSSR count). The second kappa shape index (κ2) is 6.36. The molecule has 1 aliphatic rings. The van der Waals surface area contributed by atoms with E-state index in [-0.39, 0.29) is 24.0 Å².